The van der Waals surface area contributed by atoms with Gasteiger partial charge < -0.3 is 39.1 Å². The molecule has 174 valence electrons. The van der Waals surface area contributed by atoms with Crippen LogP contribution in [0.25, 0.3) is 22.3 Å². The minimum Gasteiger partial charge on any atom is -0.507 e. The van der Waals surface area contributed by atoms with Crippen LogP contribution in [0, 0.1) is 0 Å². The van der Waals surface area contributed by atoms with E-state index in [9.17, 15) is 25.2 Å². The van der Waals surface area contributed by atoms with Crippen LogP contribution >= 0.6 is 0 Å². The molecule has 1 aliphatic rings. The Hall–Kier alpha value is -3.37. The fraction of sp³-hybridized carbons (Fsp3) is 0.292. The van der Waals surface area contributed by atoms with Crippen molar-refractivity contribution in [1.29, 1.82) is 0 Å². The van der Waals surface area contributed by atoms with Crippen LogP contribution in [-0.2, 0) is 4.74 Å². The summed E-state index contributed by atoms with van der Waals surface area (Å²) in [5.41, 5.74) is 0.485. The third kappa shape index (κ3) is 4.07. The third-order valence-electron chi connectivity index (χ3n) is 5.46. The molecular weight excluding hydrogens is 432 g/mol. The van der Waals surface area contributed by atoms with Crippen molar-refractivity contribution < 1.29 is 39.1 Å². The van der Waals surface area contributed by atoms with Gasteiger partial charge in [-0.3, -0.25) is 4.79 Å². The summed E-state index contributed by atoms with van der Waals surface area (Å²) in [4.78, 5) is 12.8. The number of fused-ring (bicyclic) bond motifs is 1. The summed E-state index contributed by atoms with van der Waals surface area (Å²) in [6.07, 6.45) is -7.06. The van der Waals surface area contributed by atoms with Crippen LogP contribution in [0.1, 0.15) is 6.92 Å². The van der Waals surface area contributed by atoms with Gasteiger partial charge in [-0.2, -0.15) is 0 Å². The summed E-state index contributed by atoms with van der Waals surface area (Å²) in [6.45, 7) is 5.31. The standard InChI is InChI=1S/C24H24O9/c1-11(2)21-19(28)18(27)20(29)24(33-21)32-16-10-14(26)17-13(25)9-15(12-7-5-4-6-8-12)31-23(17)22(16)30-3/h4-10,18-21,24,26-29H,1H2,2-3H3. The van der Waals surface area contributed by atoms with E-state index in [4.69, 9.17) is 18.6 Å². The van der Waals surface area contributed by atoms with E-state index in [1.807, 2.05) is 6.07 Å². The Morgan fingerprint density at radius 2 is 1.76 bits per heavy atom. The van der Waals surface area contributed by atoms with E-state index >= 15 is 0 Å². The highest BCUT2D eigenvalue weighted by Crippen LogP contribution is 2.42. The summed E-state index contributed by atoms with van der Waals surface area (Å²) in [5.74, 6) is -0.320. The smallest absolute Gasteiger partial charge is 0.229 e. The highest BCUT2D eigenvalue weighted by atomic mass is 16.7. The van der Waals surface area contributed by atoms with E-state index in [0.717, 1.165) is 6.07 Å². The maximum absolute atomic E-state index is 12.8. The molecule has 0 spiro atoms. The van der Waals surface area contributed by atoms with Crippen molar-refractivity contribution in [2.75, 3.05) is 7.11 Å². The van der Waals surface area contributed by atoms with Gasteiger partial charge in [0.15, 0.2) is 16.8 Å². The molecule has 2 heterocycles. The number of phenols is 1. The monoisotopic (exact) mass is 456 g/mol. The SMILES string of the molecule is C=C(C)C1OC(Oc2cc(O)c3c(=O)cc(-c4ccccc4)oc3c2OC)C(O)C(O)C1O. The van der Waals surface area contributed by atoms with Gasteiger partial charge in [0.25, 0.3) is 0 Å². The molecule has 9 nitrogen and oxygen atoms in total. The maximum atomic E-state index is 12.8. The fourth-order valence-corrected chi connectivity index (χ4v) is 3.77. The van der Waals surface area contributed by atoms with Crippen molar-refractivity contribution in [3.63, 3.8) is 0 Å². The van der Waals surface area contributed by atoms with Gasteiger partial charge in [-0.1, -0.05) is 36.9 Å². The topological polar surface area (TPSA) is 139 Å². The fourth-order valence-electron chi connectivity index (χ4n) is 3.77. The highest BCUT2D eigenvalue weighted by Gasteiger charge is 2.45. The van der Waals surface area contributed by atoms with Crippen LogP contribution < -0.4 is 14.9 Å². The summed E-state index contributed by atoms with van der Waals surface area (Å²) < 4.78 is 22.7. The predicted octanol–water partition coefficient (Wildman–Crippen LogP) is 1.94. The van der Waals surface area contributed by atoms with Crippen molar-refractivity contribution in [2.24, 2.45) is 0 Å². The van der Waals surface area contributed by atoms with Crippen LogP contribution in [0.3, 0.4) is 0 Å². The van der Waals surface area contributed by atoms with Gasteiger partial charge in [0, 0.05) is 17.7 Å². The number of aromatic hydroxyl groups is 1. The highest BCUT2D eigenvalue weighted by molar-refractivity contribution is 5.91. The maximum Gasteiger partial charge on any atom is 0.229 e. The van der Waals surface area contributed by atoms with Crippen molar-refractivity contribution >= 4 is 11.0 Å². The number of aliphatic hydroxyl groups excluding tert-OH is 3. The summed E-state index contributed by atoms with van der Waals surface area (Å²) in [5, 5.41) is 41.2. The molecule has 9 heteroatoms. The first-order valence-corrected chi connectivity index (χ1v) is 10.2. The molecule has 5 unspecified atom stereocenters. The molecule has 1 aromatic heterocycles. The van der Waals surface area contributed by atoms with Gasteiger partial charge >= 0.3 is 0 Å². The van der Waals surface area contributed by atoms with Crippen LogP contribution in [-0.4, -0.2) is 58.2 Å². The molecule has 4 rings (SSSR count). The first-order valence-electron chi connectivity index (χ1n) is 10.2. The first-order chi connectivity index (χ1) is 15.7. The second-order valence-electron chi connectivity index (χ2n) is 7.83. The molecular formula is C24H24O9. The molecule has 1 fully saturated rings. The van der Waals surface area contributed by atoms with Gasteiger partial charge in [-0.05, 0) is 12.5 Å². The van der Waals surface area contributed by atoms with Crippen molar-refractivity contribution in [2.45, 2.75) is 37.6 Å². The van der Waals surface area contributed by atoms with E-state index in [1.165, 1.54) is 13.2 Å². The van der Waals surface area contributed by atoms with Gasteiger partial charge in [0.2, 0.25) is 12.0 Å². The van der Waals surface area contributed by atoms with Gasteiger partial charge in [-0.15, -0.1) is 0 Å². The lowest BCUT2D eigenvalue weighted by molar-refractivity contribution is -0.263. The molecule has 5 atom stereocenters. The number of ether oxygens (including phenoxy) is 3. The van der Waals surface area contributed by atoms with Gasteiger partial charge in [0.05, 0.1) is 7.11 Å². The van der Waals surface area contributed by atoms with E-state index in [0.29, 0.717) is 11.1 Å². The molecule has 0 saturated carbocycles. The van der Waals surface area contributed by atoms with E-state index < -0.39 is 41.9 Å². The average Bonchev–Trinajstić information content (AvgIpc) is 2.79. The van der Waals surface area contributed by atoms with Crippen LogP contribution in [0.15, 0.2) is 63.8 Å². The average molecular weight is 456 g/mol. The van der Waals surface area contributed by atoms with E-state index in [2.05, 4.69) is 6.58 Å². The Kier molecular flexibility index (Phi) is 6.13. The molecule has 1 saturated heterocycles. The lowest BCUT2D eigenvalue weighted by Gasteiger charge is -2.40. The molecule has 0 bridgehead atoms. The number of rotatable bonds is 5. The molecule has 1 aliphatic heterocycles. The summed E-state index contributed by atoms with van der Waals surface area (Å²) in [7, 11) is 1.32. The molecule has 3 aromatic rings. The Balaban J connectivity index is 1.81. The summed E-state index contributed by atoms with van der Waals surface area (Å²) in [6, 6.07) is 11.3. The number of benzene rings is 2. The van der Waals surface area contributed by atoms with Crippen LogP contribution in [0.4, 0.5) is 0 Å². The zero-order valence-corrected chi connectivity index (χ0v) is 18.0. The Morgan fingerprint density at radius 1 is 1.06 bits per heavy atom. The zero-order chi connectivity index (χ0) is 23.9. The summed E-state index contributed by atoms with van der Waals surface area (Å²) >= 11 is 0. The van der Waals surface area contributed by atoms with Crippen LogP contribution in [0.5, 0.6) is 17.2 Å². The zero-order valence-electron chi connectivity index (χ0n) is 18.0. The van der Waals surface area contributed by atoms with Gasteiger partial charge in [0.1, 0.15) is 41.3 Å². The Labute approximate surface area is 188 Å². The molecule has 2 aromatic carbocycles. The van der Waals surface area contributed by atoms with E-state index in [1.54, 1.807) is 31.2 Å². The van der Waals surface area contributed by atoms with Crippen molar-refractivity contribution in [1.82, 2.24) is 0 Å². The second-order valence-corrected chi connectivity index (χ2v) is 7.83. The van der Waals surface area contributed by atoms with Crippen molar-refractivity contribution in [3.05, 3.63) is 64.8 Å². The minimum absolute atomic E-state index is 0.0269. The Bertz CT molecular complexity index is 1230. The number of aliphatic hydroxyl groups is 3. The number of methoxy groups -OCH3 is 1. The molecule has 4 N–H and O–H groups in total. The third-order valence-corrected chi connectivity index (χ3v) is 5.46. The Morgan fingerprint density at radius 3 is 2.39 bits per heavy atom. The molecule has 33 heavy (non-hydrogen) atoms. The van der Waals surface area contributed by atoms with Crippen molar-refractivity contribution in [3.8, 4) is 28.6 Å². The lowest BCUT2D eigenvalue weighted by Crippen LogP contribution is -2.59. The molecule has 0 radical (unpaired) electrons. The quantitative estimate of drug-likeness (QED) is 0.424. The second kappa shape index (κ2) is 8.87. The largest absolute Gasteiger partial charge is 0.507 e. The molecule has 0 aliphatic carbocycles. The number of hydrogen-bond acceptors (Lipinski definition) is 9. The first kappa shape index (κ1) is 22.8. The lowest BCUT2D eigenvalue weighted by atomic mass is 9.95. The minimum atomic E-state index is -1.62. The number of phenolic OH excluding ortho intramolecular Hbond substituents is 1. The normalized spacial score (nSPS) is 25.1. The predicted molar refractivity (Wildman–Crippen MR) is 118 cm³/mol. The van der Waals surface area contributed by atoms with E-state index in [-0.39, 0.29) is 28.2 Å². The van der Waals surface area contributed by atoms with Gasteiger partial charge in [-0.25, -0.2) is 0 Å². The van der Waals surface area contributed by atoms with Crippen LogP contribution in [0.2, 0.25) is 0 Å². The molecule has 0 amide bonds. The number of hydrogen-bond donors (Lipinski definition) is 4.